The van der Waals surface area contributed by atoms with Crippen molar-refractivity contribution in [1.29, 1.82) is 0 Å². The highest BCUT2D eigenvalue weighted by atomic mass is 19.4. The first kappa shape index (κ1) is 16.4. The van der Waals surface area contributed by atoms with Crippen LogP contribution in [0.4, 0.5) is 13.2 Å². The van der Waals surface area contributed by atoms with Crippen molar-refractivity contribution < 1.29 is 22.7 Å². The van der Waals surface area contributed by atoms with Crippen molar-refractivity contribution in [3.05, 3.63) is 47.5 Å². The van der Waals surface area contributed by atoms with Crippen molar-refractivity contribution in [2.45, 2.75) is 31.2 Å². The normalized spacial score (nSPS) is 19.2. The number of carbonyl (C=O) groups excluding carboxylic acids is 1. The average molecular weight is 340 g/mol. The highest BCUT2D eigenvalue weighted by Gasteiger charge is 2.32. The topological polar surface area (TPSA) is 79.9 Å². The van der Waals surface area contributed by atoms with Crippen LogP contribution in [0.15, 0.2) is 30.6 Å². The van der Waals surface area contributed by atoms with E-state index in [1.54, 1.807) is 0 Å². The Kier molecular flexibility index (Phi) is 4.52. The van der Waals surface area contributed by atoms with Gasteiger partial charge in [-0.2, -0.15) is 18.3 Å². The lowest BCUT2D eigenvalue weighted by Gasteiger charge is -2.20. The second-order valence-corrected chi connectivity index (χ2v) is 5.44. The van der Waals surface area contributed by atoms with Crippen LogP contribution in [-0.4, -0.2) is 33.8 Å². The van der Waals surface area contributed by atoms with Gasteiger partial charge < -0.3 is 10.1 Å². The molecule has 1 aliphatic rings. The summed E-state index contributed by atoms with van der Waals surface area (Å²) < 4.78 is 44.1. The Labute approximate surface area is 135 Å². The lowest BCUT2D eigenvalue weighted by Crippen LogP contribution is -2.37. The van der Waals surface area contributed by atoms with Crippen LogP contribution >= 0.6 is 0 Å². The van der Waals surface area contributed by atoms with Crippen LogP contribution in [-0.2, 0) is 15.7 Å². The van der Waals surface area contributed by atoms with Gasteiger partial charge in [-0.3, -0.25) is 9.89 Å². The van der Waals surface area contributed by atoms with Gasteiger partial charge in [0, 0.05) is 6.61 Å². The van der Waals surface area contributed by atoms with Crippen molar-refractivity contribution in [2.75, 3.05) is 6.61 Å². The van der Waals surface area contributed by atoms with E-state index in [1.165, 1.54) is 18.5 Å². The van der Waals surface area contributed by atoms with Gasteiger partial charge in [-0.1, -0.05) is 12.1 Å². The Balaban J connectivity index is 1.89. The first-order chi connectivity index (χ1) is 11.4. The lowest BCUT2D eigenvalue weighted by molar-refractivity contribution is -0.137. The molecule has 1 amide bonds. The summed E-state index contributed by atoms with van der Waals surface area (Å²) in [5.74, 6) is -0.132. The molecule has 2 N–H and O–H groups in total. The van der Waals surface area contributed by atoms with Crippen LogP contribution < -0.4 is 5.32 Å². The van der Waals surface area contributed by atoms with Gasteiger partial charge in [-0.25, -0.2) is 4.98 Å². The van der Waals surface area contributed by atoms with Gasteiger partial charge in [0.05, 0.1) is 5.56 Å². The summed E-state index contributed by atoms with van der Waals surface area (Å²) in [4.78, 5) is 16.2. The number of H-pyrrole nitrogens is 1. The number of ether oxygens (including phenoxy) is 1. The molecule has 1 aromatic carbocycles. The molecular formula is C15H15F3N4O2. The molecule has 1 fully saturated rings. The zero-order chi connectivity index (χ0) is 17.2. The first-order valence-electron chi connectivity index (χ1n) is 7.39. The lowest BCUT2D eigenvalue weighted by atomic mass is 10.0. The molecular weight excluding hydrogens is 325 g/mol. The van der Waals surface area contributed by atoms with Gasteiger partial charge in [0.2, 0.25) is 5.91 Å². The minimum absolute atomic E-state index is 0.251. The van der Waals surface area contributed by atoms with E-state index in [2.05, 4.69) is 20.5 Å². The maximum Gasteiger partial charge on any atom is 0.416 e. The van der Waals surface area contributed by atoms with Crippen LogP contribution in [0.5, 0.6) is 0 Å². The van der Waals surface area contributed by atoms with Gasteiger partial charge in [-0.15, -0.1) is 0 Å². The summed E-state index contributed by atoms with van der Waals surface area (Å²) in [6, 6.07) is 3.88. The number of hydrogen-bond acceptors (Lipinski definition) is 4. The van der Waals surface area contributed by atoms with Crippen molar-refractivity contribution in [3.63, 3.8) is 0 Å². The standard InChI is InChI=1S/C15H15F3N4O2/c16-15(17,18)10-4-1-3-9(7-10)12(13-19-8-20-22-13)21-14(23)11-5-2-6-24-11/h1,3-4,7-8,11-12H,2,5-6H2,(H,21,23)(H,19,20,22)/t11-,12+/m0/s1. The van der Waals surface area contributed by atoms with Crippen molar-refractivity contribution in [1.82, 2.24) is 20.5 Å². The molecule has 0 aliphatic carbocycles. The number of rotatable bonds is 4. The maximum absolute atomic E-state index is 12.9. The summed E-state index contributed by atoms with van der Waals surface area (Å²) in [6.45, 7) is 0.495. The molecule has 0 bridgehead atoms. The molecule has 1 aromatic heterocycles. The molecule has 0 spiro atoms. The quantitative estimate of drug-likeness (QED) is 0.894. The molecule has 2 atom stereocenters. The van der Waals surface area contributed by atoms with Crippen molar-refractivity contribution in [3.8, 4) is 0 Å². The fraction of sp³-hybridized carbons (Fsp3) is 0.400. The third-order valence-electron chi connectivity index (χ3n) is 3.76. The van der Waals surface area contributed by atoms with E-state index in [1.807, 2.05) is 0 Å². The summed E-state index contributed by atoms with van der Waals surface area (Å²) in [5.41, 5.74) is -0.538. The minimum atomic E-state index is -4.47. The molecule has 0 unspecified atom stereocenters. The van der Waals surface area contributed by atoms with Crippen molar-refractivity contribution in [2.24, 2.45) is 0 Å². The van der Waals surface area contributed by atoms with Gasteiger partial charge in [-0.05, 0) is 30.5 Å². The highest BCUT2D eigenvalue weighted by molar-refractivity contribution is 5.81. The Hall–Kier alpha value is -2.42. The molecule has 2 heterocycles. The van der Waals surface area contributed by atoms with E-state index in [-0.39, 0.29) is 17.3 Å². The van der Waals surface area contributed by atoms with Crippen LogP contribution in [0.1, 0.15) is 35.8 Å². The average Bonchev–Trinajstić information content (AvgIpc) is 3.25. The third-order valence-corrected chi connectivity index (χ3v) is 3.76. The molecule has 3 rings (SSSR count). The summed E-state index contributed by atoms with van der Waals surface area (Å²) in [5, 5.41) is 8.99. The largest absolute Gasteiger partial charge is 0.416 e. The number of nitrogens with zero attached hydrogens (tertiary/aromatic N) is 2. The number of amides is 1. The molecule has 0 saturated carbocycles. The molecule has 0 radical (unpaired) electrons. The Morgan fingerprint density at radius 1 is 1.42 bits per heavy atom. The van der Waals surface area contributed by atoms with Crippen LogP contribution in [0.25, 0.3) is 0 Å². The molecule has 2 aromatic rings. The Morgan fingerprint density at radius 3 is 2.88 bits per heavy atom. The van der Waals surface area contributed by atoms with E-state index in [0.29, 0.717) is 13.0 Å². The number of aromatic nitrogens is 3. The van der Waals surface area contributed by atoms with Gasteiger partial charge in [0.1, 0.15) is 18.5 Å². The summed E-state index contributed by atoms with van der Waals surface area (Å²) >= 11 is 0. The number of halogens is 3. The van der Waals surface area contributed by atoms with E-state index < -0.39 is 23.9 Å². The van der Waals surface area contributed by atoms with Gasteiger partial charge in [0.15, 0.2) is 5.82 Å². The molecule has 1 aliphatic heterocycles. The van der Waals surface area contributed by atoms with Crippen LogP contribution in [0.3, 0.4) is 0 Å². The molecule has 9 heteroatoms. The molecule has 24 heavy (non-hydrogen) atoms. The number of alkyl halides is 3. The summed E-state index contributed by atoms with van der Waals surface area (Å²) in [6.07, 6.45) is -2.48. The van der Waals surface area contributed by atoms with E-state index in [4.69, 9.17) is 4.74 Å². The maximum atomic E-state index is 12.9. The highest BCUT2D eigenvalue weighted by Crippen LogP contribution is 2.31. The van der Waals surface area contributed by atoms with Gasteiger partial charge >= 0.3 is 6.18 Å². The second kappa shape index (κ2) is 6.60. The Bertz CT molecular complexity index is 697. The monoisotopic (exact) mass is 340 g/mol. The van der Waals surface area contributed by atoms with Crippen molar-refractivity contribution >= 4 is 5.91 Å². The van der Waals surface area contributed by atoms with E-state index in [0.717, 1.165) is 18.6 Å². The smallest absolute Gasteiger partial charge is 0.368 e. The summed E-state index contributed by atoms with van der Waals surface area (Å²) in [7, 11) is 0. The number of nitrogens with one attached hydrogen (secondary N) is 2. The van der Waals surface area contributed by atoms with Crippen LogP contribution in [0, 0.1) is 0 Å². The minimum Gasteiger partial charge on any atom is -0.368 e. The van der Waals surface area contributed by atoms with E-state index in [9.17, 15) is 18.0 Å². The predicted octanol–water partition coefficient (Wildman–Crippen LogP) is 2.21. The number of hydrogen-bond donors (Lipinski definition) is 2. The predicted molar refractivity (Wildman–Crippen MR) is 76.8 cm³/mol. The SMILES string of the molecule is O=C(N[C@H](c1cccc(C(F)(F)F)c1)c1ncn[nH]1)[C@@H]1CCCO1. The second-order valence-electron chi connectivity index (χ2n) is 5.44. The Morgan fingerprint density at radius 2 is 2.25 bits per heavy atom. The molecule has 1 saturated heterocycles. The zero-order valence-electron chi connectivity index (χ0n) is 12.5. The third kappa shape index (κ3) is 3.56. The molecule has 6 nitrogen and oxygen atoms in total. The van der Waals surface area contributed by atoms with Gasteiger partial charge in [0.25, 0.3) is 0 Å². The molecule has 128 valence electrons. The zero-order valence-corrected chi connectivity index (χ0v) is 12.5. The number of carbonyl (C=O) groups is 1. The number of benzene rings is 1. The fourth-order valence-corrected chi connectivity index (χ4v) is 2.58. The number of aromatic amines is 1. The van der Waals surface area contributed by atoms with E-state index >= 15 is 0 Å². The first-order valence-corrected chi connectivity index (χ1v) is 7.39. The van der Waals surface area contributed by atoms with Crippen LogP contribution in [0.2, 0.25) is 0 Å². The fourth-order valence-electron chi connectivity index (χ4n) is 2.58.